The van der Waals surface area contributed by atoms with E-state index in [0.29, 0.717) is 12.6 Å². The summed E-state index contributed by atoms with van der Waals surface area (Å²) in [5.41, 5.74) is 0.787. The minimum Gasteiger partial charge on any atom is -0.343 e. The maximum atomic E-state index is 12.1. The third-order valence-corrected chi connectivity index (χ3v) is 4.52. The summed E-state index contributed by atoms with van der Waals surface area (Å²) >= 11 is 1.66. The van der Waals surface area contributed by atoms with Gasteiger partial charge in [-0.1, -0.05) is 0 Å². The summed E-state index contributed by atoms with van der Waals surface area (Å²) in [4.78, 5) is 24.9. The number of piperazine rings is 1. The molecule has 1 amide bonds. The van der Waals surface area contributed by atoms with E-state index in [0.717, 1.165) is 30.5 Å². The first-order valence-electron chi connectivity index (χ1n) is 7.31. The first-order chi connectivity index (χ1) is 10.7. The standard InChI is InChI=1S/C15H19N5OS/c1-12-10-19(7-8-20(12)15-17-6-9-22-15)11-14(21)18-13-2-4-16-5-3-13/h2-6,9,12H,7-8,10-11H2,1H3,(H,16,18,21). The highest BCUT2D eigenvalue weighted by Crippen LogP contribution is 2.22. The number of amides is 1. The van der Waals surface area contributed by atoms with Gasteiger partial charge in [-0.2, -0.15) is 0 Å². The summed E-state index contributed by atoms with van der Waals surface area (Å²) in [5.74, 6) is 0.0149. The van der Waals surface area contributed by atoms with Gasteiger partial charge in [0.15, 0.2) is 5.13 Å². The number of rotatable bonds is 4. The number of thiazole rings is 1. The van der Waals surface area contributed by atoms with E-state index in [-0.39, 0.29) is 5.91 Å². The largest absolute Gasteiger partial charge is 0.343 e. The third kappa shape index (κ3) is 3.61. The third-order valence-electron chi connectivity index (χ3n) is 3.71. The van der Waals surface area contributed by atoms with Crippen molar-refractivity contribution in [3.63, 3.8) is 0 Å². The number of nitrogens with one attached hydrogen (secondary N) is 1. The van der Waals surface area contributed by atoms with Crippen molar-refractivity contribution in [3.8, 4) is 0 Å². The van der Waals surface area contributed by atoms with E-state index in [2.05, 4.69) is 32.0 Å². The Morgan fingerprint density at radius 2 is 2.18 bits per heavy atom. The molecule has 2 aromatic rings. The molecule has 0 radical (unpaired) electrons. The monoisotopic (exact) mass is 317 g/mol. The van der Waals surface area contributed by atoms with Gasteiger partial charge in [-0.3, -0.25) is 14.7 Å². The Balaban J connectivity index is 1.51. The van der Waals surface area contributed by atoms with E-state index in [9.17, 15) is 4.79 Å². The van der Waals surface area contributed by atoms with Crippen LogP contribution < -0.4 is 10.2 Å². The average molecular weight is 317 g/mol. The SMILES string of the molecule is CC1CN(CC(=O)Nc2ccncc2)CCN1c1nccs1. The Hall–Kier alpha value is -1.99. The van der Waals surface area contributed by atoms with Crippen LogP contribution in [0.2, 0.25) is 0 Å². The Bertz CT molecular complexity index is 604. The Labute approximate surface area is 133 Å². The maximum Gasteiger partial charge on any atom is 0.238 e. The van der Waals surface area contributed by atoms with Crippen molar-refractivity contribution in [3.05, 3.63) is 36.1 Å². The highest BCUT2D eigenvalue weighted by molar-refractivity contribution is 7.13. The Kier molecular flexibility index (Phi) is 4.65. The molecule has 22 heavy (non-hydrogen) atoms. The quantitative estimate of drug-likeness (QED) is 0.930. The lowest BCUT2D eigenvalue weighted by Gasteiger charge is -2.39. The van der Waals surface area contributed by atoms with Crippen molar-refractivity contribution < 1.29 is 4.79 Å². The van der Waals surface area contributed by atoms with E-state index >= 15 is 0 Å². The van der Waals surface area contributed by atoms with E-state index in [1.54, 1.807) is 35.9 Å². The van der Waals surface area contributed by atoms with Gasteiger partial charge in [-0.05, 0) is 19.1 Å². The van der Waals surface area contributed by atoms with Gasteiger partial charge in [0.05, 0.1) is 6.54 Å². The van der Waals surface area contributed by atoms with Crippen LogP contribution in [-0.2, 0) is 4.79 Å². The van der Waals surface area contributed by atoms with Crippen molar-refractivity contribution >= 4 is 28.1 Å². The molecule has 0 saturated carbocycles. The highest BCUT2D eigenvalue weighted by Gasteiger charge is 2.26. The summed E-state index contributed by atoms with van der Waals surface area (Å²) in [7, 11) is 0. The van der Waals surface area contributed by atoms with Gasteiger partial charge in [0.2, 0.25) is 5.91 Å². The molecule has 1 unspecified atom stereocenters. The predicted molar refractivity (Wildman–Crippen MR) is 88.2 cm³/mol. The normalized spacial score (nSPS) is 19.1. The summed E-state index contributed by atoms with van der Waals surface area (Å²) in [6.45, 7) is 5.22. The first kappa shape index (κ1) is 14.9. The summed E-state index contributed by atoms with van der Waals surface area (Å²) in [6, 6.07) is 3.94. The predicted octanol–water partition coefficient (Wildman–Crippen LogP) is 1.69. The van der Waals surface area contributed by atoms with Crippen LogP contribution in [0.1, 0.15) is 6.92 Å². The van der Waals surface area contributed by atoms with Crippen LogP contribution in [0.15, 0.2) is 36.1 Å². The lowest BCUT2D eigenvalue weighted by molar-refractivity contribution is -0.117. The van der Waals surface area contributed by atoms with Gasteiger partial charge in [0.25, 0.3) is 0 Å². The van der Waals surface area contributed by atoms with Gasteiger partial charge in [-0.15, -0.1) is 11.3 Å². The molecule has 0 spiro atoms. The molecule has 3 rings (SSSR count). The number of hydrogen-bond acceptors (Lipinski definition) is 6. The first-order valence-corrected chi connectivity index (χ1v) is 8.19. The molecule has 0 aromatic carbocycles. The maximum absolute atomic E-state index is 12.1. The van der Waals surface area contributed by atoms with Crippen LogP contribution >= 0.6 is 11.3 Å². The van der Waals surface area contributed by atoms with Crippen LogP contribution in [0.4, 0.5) is 10.8 Å². The highest BCUT2D eigenvalue weighted by atomic mass is 32.1. The Morgan fingerprint density at radius 3 is 2.86 bits per heavy atom. The van der Waals surface area contributed by atoms with E-state index in [1.807, 2.05) is 11.6 Å². The minimum atomic E-state index is 0.0149. The van der Waals surface area contributed by atoms with Crippen molar-refractivity contribution in [2.45, 2.75) is 13.0 Å². The molecule has 116 valence electrons. The van der Waals surface area contributed by atoms with Crippen LogP contribution in [0.25, 0.3) is 0 Å². The second kappa shape index (κ2) is 6.85. The van der Waals surface area contributed by atoms with Crippen LogP contribution in [0, 0.1) is 0 Å². The van der Waals surface area contributed by atoms with Gasteiger partial charge in [0, 0.05) is 55.3 Å². The van der Waals surface area contributed by atoms with Crippen molar-refractivity contribution in [2.75, 3.05) is 36.4 Å². The average Bonchev–Trinajstić information content (AvgIpc) is 3.02. The molecule has 0 bridgehead atoms. The minimum absolute atomic E-state index is 0.0149. The molecule has 1 N–H and O–H groups in total. The number of nitrogens with zero attached hydrogens (tertiary/aromatic N) is 4. The number of hydrogen-bond donors (Lipinski definition) is 1. The number of carbonyl (C=O) groups excluding carboxylic acids is 1. The molecule has 3 heterocycles. The topological polar surface area (TPSA) is 61.4 Å². The molecule has 6 nitrogen and oxygen atoms in total. The second-order valence-corrected chi connectivity index (χ2v) is 6.25. The molecule has 1 fully saturated rings. The lowest BCUT2D eigenvalue weighted by atomic mass is 10.2. The van der Waals surface area contributed by atoms with Gasteiger partial charge in [0.1, 0.15) is 0 Å². The summed E-state index contributed by atoms with van der Waals surface area (Å²) < 4.78 is 0. The van der Waals surface area contributed by atoms with E-state index in [1.165, 1.54) is 0 Å². The van der Waals surface area contributed by atoms with Gasteiger partial charge < -0.3 is 10.2 Å². The van der Waals surface area contributed by atoms with Gasteiger partial charge in [-0.25, -0.2) is 4.98 Å². The fourth-order valence-corrected chi connectivity index (χ4v) is 3.43. The van der Waals surface area contributed by atoms with Crippen molar-refractivity contribution in [1.82, 2.24) is 14.9 Å². The lowest BCUT2D eigenvalue weighted by Crippen LogP contribution is -2.53. The Morgan fingerprint density at radius 1 is 1.36 bits per heavy atom. The number of anilines is 2. The fraction of sp³-hybridized carbons (Fsp3) is 0.400. The smallest absolute Gasteiger partial charge is 0.238 e. The summed E-state index contributed by atoms with van der Waals surface area (Å²) in [5, 5.41) is 5.96. The van der Waals surface area contributed by atoms with E-state index < -0.39 is 0 Å². The zero-order valence-electron chi connectivity index (χ0n) is 12.5. The molecular weight excluding hydrogens is 298 g/mol. The van der Waals surface area contributed by atoms with Crippen LogP contribution in [0.3, 0.4) is 0 Å². The van der Waals surface area contributed by atoms with Crippen LogP contribution in [0.5, 0.6) is 0 Å². The van der Waals surface area contributed by atoms with Gasteiger partial charge >= 0.3 is 0 Å². The molecule has 2 aromatic heterocycles. The zero-order chi connectivity index (χ0) is 15.4. The molecule has 1 saturated heterocycles. The van der Waals surface area contributed by atoms with Crippen molar-refractivity contribution in [1.29, 1.82) is 0 Å². The fourth-order valence-electron chi connectivity index (χ4n) is 2.66. The molecule has 7 heteroatoms. The molecule has 1 aliphatic heterocycles. The molecular formula is C15H19N5OS. The number of aromatic nitrogens is 2. The van der Waals surface area contributed by atoms with Crippen molar-refractivity contribution in [2.24, 2.45) is 0 Å². The zero-order valence-corrected chi connectivity index (χ0v) is 13.3. The number of pyridine rings is 1. The van der Waals surface area contributed by atoms with Crippen LogP contribution in [-0.4, -0.2) is 53.0 Å². The second-order valence-electron chi connectivity index (χ2n) is 5.38. The number of carbonyl (C=O) groups is 1. The van der Waals surface area contributed by atoms with E-state index in [4.69, 9.17) is 0 Å². The molecule has 1 atom stereocenters. The molecule has 0 aliphatic carbocycles. The summed E-state index contributed by atoms with van der Waals surface area (Å²) in [6.07, 6.45) is 5.18. The molecule has 1 aliphatic rings.